The second kappa shape index (κ2) is 12.8. The molecule has 108 valence electrons. The van der Waals surface area contributed by atoms with Crippen molar-refractivity contribution in [2.75, 3.05) is 67.2 Å². The molecule has 0 saturated heterocycles. The number of hydrogen-bond donors (Lipinski definition) is 2. The molecule has 0 spiro atoms. The number of rotatable bonds is 12. The van der Waals surface area contributed by atoms with E-state index in [1.165, 1.54) is 0 Å². The minimum Gasteiger partial charge on any atom is -0.385 e. The molecule has 0 unspecified atom stereocenters. The molecular weight excluding hydrogens is 234 g/mol. The number of hydrogen-bond acceptors (Lipinski definition) is 5. The number of nitrogens with one attached hydrogen (secondary N) is 2. The normalized spacial score (nSPS) is 10.9. The Bertz CT molecular complexity index is 201. The van der Waals surface area contributed by atoms with Gasteiger partial charge in [-0.1, -0.05) is 0 Å². The van der Waals surface area contributed by atoms with E-state index in [-0.39, 0.29) is 5.91 Å². The Kier molecular flexibility index (Phi) is 12.3. The molecule has 0 rings (SSSR count). The van der Waals surface area contributed by atoms with Gasteiger partial charge in [0.15, 0.2) is 0 Å². The van der Waals surface area contributed by atoms with Crippen molar-refractivity contribution in [2.24, 2.45) is 0 Å². The number of carbonyl (C=O) groups is 1. The SMILES string of the molecule is COCCCNC(=O)CNCCOCCN(C)C. The molecule has 2 N–H and O–H groups in total. The van der Waals surface area contributed by atoms with E-state index in [1.54, 1.807) is 7.11 Å². The van der Waals surface area contributed by atoms with Crippen molar-refractivity contribution in [3.05, 3.63) is 0 Å². The average molecular weight is 261 g/mol. The van der Waals surface area contributed by atoms with E-state index in [2.05, 4.69) is 15.5 Å². The van der Waals surface area contributed by atoms with Crippen LogP contribution in [0.3, 0.4) is 0 Å². The molecule has 0 aliphatic rings. The Morgan fingerprint density at radius 3 is 2.61 bits per heavy atom. The molecule has 0 aromatic carbocycles. The first-order valence-electron chi connectivity index (χ1n) is 6.35. The van der Waals surface area contributed by atoms with Gasteiger partial charge in [-0.05, 0) is 20.5 Å². The summed E-state index contributed by atoms with van der Waals surface area (Å²) < 4.78 is 10.3. The second-order valence-electron chi connectivity index (χ2n) is 4.29. The Balaban J connectivity index is 3.15. The molecule has 6 nitrogen and oxygen atoms in total. The van der Waals surface area contributed by atoms with Crippen molar-refractivity contribution in [3.8, 4) is 0 Å². The molecular formula is C12H27N3O3. The van der Waals surface area contributed by atoms with E-state index in [0.29, 0.717) is 32.8 Å². The molecule has 0 aliphatic heterocycles. The van der Waals surface area contributed by atoms with Gasteiger partial charge in [0.25, 0.3) is 0 Å². The fourth-order valence-electron chi connectivity index (χ4n) is 1.20. The summed E-state index contributed by atoms with van der Waals surface area (Å²) in [6, 6.07) is 0. The zero-order valence-corrected chi connectivity index (χ0v) is 11.8. The van der Waals surface area contributed by atoms with Gasteiger partial charge in [-0.15, -0.1) is 0 Å². The van der Waals surface area contributed by atoms with Crippen LogP contribution < -0.4 is 10.6 Å². The van der Waals surface area contributed by atoms with Crippen LogP contribution in [0.15, 0.2) is 0 Å². The first-order chi connectivity index (χ1) is 8.66. The van der Waals surface area contributed by atoms with Gasteiger partial charge in [-0.3, -0.25) is 4.79 Å². The van der Waals surface area contributed by atoms with Gasteiger partial charge in [0.1, 0.15) is 0 Å². The predicted octanol–water partition coefficient (Wildman–Crippen LogP) is -0.693. The summed E-state index contributed by atoms with van der Waals surface area (Å²) in [5, 5.41) is 5.84. The molecule has 0 bridgehead atoms. The summed E-state index contributed by atoms with van der Waals surface area (Å²) in [7, 11) is 5.67. The quantitative estimate of drug-likeness (QED) is 0.455. The first-order valence-corrected chi connectivity index (χ1v) is 6.35. The summed E-state index contributed by atoms with van der Waals surface area (Å²) in [4.78, 5) is 13.4. The Labute approximate surface area is 110 Å². The van der Waals surface area contributed by atoms with Crippen molar-refractivity contribution < 1.29 is 14.3 Å². The average Bonchev–Trinajstić information content (AvgIpc) is 2.33. The van der Waals surface area contributed by atoms with Gasteiger partial charge < -0.3 is 25.0 Å². The summed E-state index contributed by atoms with van der Waals surface area (Å²) in [5.74, 6) is 0.0133. The lowest BCUT2D eigenvalue weighted by molar-refractivity contribution is -0.120. The smallest absolute Gasteiger partial charge is 0.233 e. The highest BCUT2D eigenvalue weighted by Crippen LogP contribution is 1.79. The number of amides is 1. The maximum atomic E-state index is 11.3. The van der Waals surface area contributed by atoms with Crippen molar-refractivity contribution in [1.82, 2.24) is 15.5 Å². The van der Waals surface area contributed by atoms with Crippen LogP contribution in [0.4, 0.5) is 0 Å². The third-order valence-corrected chi connectivity index (χ3v) is 2.24. The Hall–Kier alpha value is -0.690. The minimum absolute atomic E-state index is 0.0133. The molecule has 0 aromatic heterocycles. The second-order valence-corrected chi connectivity index (χ2v) is 4.29. The topological polar surface area (TPSA) is 62.8 Å². The van der Waals surface area contributed by atoms with Crippen molar-refractivity contribution in [1.29, 1.82) is 0 Å². The third kappa shape index (κ3) is 13.4. The number of methoxy groups -OCH3 is 1. The van der Waals surface area contributed by atoms with E-state index < -0.39 is 0 Å². The zero-order valence-electron chi connectivity index (χ0n) is 11.8. The summed E-state index contributed by atoms with van der Waals surface area (Å²) >= 11 is 0. The predicted molar refractivity (Wildman–Crippen MR) is 71.7 cm³/mol. The summed E-state index contributed by atoms with van der Waals surface area (Å²) in [5.41, 5.74) is 0. The lowest BCUT2D eigenvalue weighted by Gasteiger charge is -2.10. The van der Waals surface area contributed by atoms with Crippen LogP contribution in [0.25, 0.3) is 0 Å². The van der Waals surface area contributed by atoms with Crippen LogP contribution in [0.2, 0.25) is 0 Å². The lowest BCUT2D eigenvalue weighted by atomic mass is 10.4. The van der Waals surface area contributed by atoms with Crippen molar-refractivity contribution in [3.63, 3.8) is 0 Å². The highest BCUT2D eigenvalue weighted by atomic mass is 16.5. The molecule has 0 atom stereocenters. The van der Waals surface area contributed by atoms with Crippen molar-refractivity contribution >= 4 is 5.91 Å². The van der Waals surface area contributed by atoms with Gasteiger partial charge in [-0.25, -0.2) is 0 Å². The van der Waals surface area contributed by atoms with E-state index in [0.717, 1.165) is 19.6 Å². The fourth-order valence-corrected chi connectivity index (χ4v) is 1.20. The fraction of sp³-hybridized carbons (Fsp3) is 0.917. The van der Waals surface area contributed by atoms with Gasteiger partial charge in [0.05, 0.1) is 19.8 Å². The summed E-state index contributed by atoms with van der Waals surface area (Å²) in [6.45, 7) is 4.63. The molecule has 0 radical (unpaired) electrons. The molecule has 0 aliphatic carbocycles. The van der Waals surface area contributed by atoms with Crippen LogP contribution in [0, 0.1) is 0 Å². The van der Waals surface area contributed by atoms with Gasteiger partial charge in [-0.2, -0.15) is 0 Å². The molecule has 0 fully saturated rings. The molecule has 0 aromatic rings. The molecule has 18 heavy (non-hydrogen) atoms. The van der Waals surface area contributed by atoms with E-state index in [9.17, 15) is 4.79 Å². The summed E-state index contributed by atoms with van der Waals surface area (Å²) in [6.07, 6.45) is 0.843. The molecule has 0 saturated carbocycles. The molecule has 0 heterocycles. The largest absolute Gasteiger partial charge is 0.385 e. The van der Waals surface area contributed by atoms with Crippen LogP contribution in [0.5, 0.6) is 0 Å². The first kappa shape index (κ1) is 17.3. The number of nitrogens with zero attached hydrogens (tertiary/aromatic N) is 1. The Morgan fingerprint density at radius 2 is 1.94 bits per heavy atom. The van der Waals surface area contributed by atoms with Crippen molar-refractivity contribution in [2.45, 2.75) is 6.42 Å². The van der Waals surface area contributed by atoms with E-state index in [4.69, 9.17) is 9.47 Å². The monoisotopic (exact) mass is 261 g/mol. The highest BCUT2D eigenvalue weighted by molar-refractivity contribution is 5.77. The zero-order chi connectivity index (χ0) is 13.6. The minimum atomic E-state index is 0.0133. The molecule has 6 heteroatoms. The number of likely N-dealkylation sites (N-methyl/N-ethyl adjacent to an activating group) is 1. The number of ether oxygens (including phenoxy) is 2. The standard InChI is InChI=1S/C12H27N3O3/c1-15(2)7-10-18-9-6-13-11-12(16)14-5-4-8-17-3/h13H,4-11H2,1-3H3,(H,14,16). The maximum absolute atomic E-state index is 11.3. The maximum Gasteiger partial charge on any atom is 0.233 e. The Morgan fingerprint density at radius 1 is 1.17 bits per heavy atom. The highest BCUT2D eigenvalue weighted by Gasteiger charge is 1.99. The van der Waals surface area contributed by atoms with E-state index >= 15 is 0 Å². The van der Waals surface area contributed by atoms with Gasteiger partial charge in [0, 0.05) is 33.4 Å². The molecule has 1 amide bonds. The third-order valence-electron chi connectivity index (χ3n) is 2.24. The van der Waals surface area contributed by atoms with Crippen LogP contribution in [-0.2, 0) is 14.3 Å². The number of carbonyl (C=O) groups excluding carboxylic acids is 1. The van der Waals surface area contributed by atoms with Gasteiger partial charge >= 0.3 is 0 Å². The van der Waals surface area contributed by atoms with Gasteiger partial charge in [0.2, 0.25) is 5.91 Å². The van der Waals surface area contributed by atoms with E-state index in [1.807, 2.05) is 14.1 Å². The van der Waals surface area contributed by atoms with Crippen LogP contribution in [-0.4, -0.2) is 78.0 Å². The lowest BCUT2D eigenvalue weighted by Crippen LogP contribution is -2.36. The van der Waals surface area contributed by atoms with Crippen LogP contribution >= 0.6 is 0 Å². The van der Waals surface area contributed by atoms with Crippen LogP contribution in [0.1, 0.15) is 6.42 Å².